The van der Waals surface area contributed by atoms with Gasteiger partial charge in [0.15, 0.2) is 11.7 Å². The largest absolute Gasteiger partial charge is 0.292 e. The van der Waals surface area contributed by atoms with Gasteiger partial charge in [-0.1, -0.05) is 17.7 Å². The molecule has 1 heterocycles. The molecule has 0 spiro atoms. The molecule has 4 heteroatoms. The number of nitrogens with zero attached hydrogens (tertiary/aromatic N) is 2. The number of benzene rings is 1. The molecule has 0 radical (unpaired) electrons. The van der Waals surface area contributed by atoms with Gasteiger partial charge in [-0.2, -0.15) is 5.26 Å². The third-order valence-electron chi connectivity index (χ3n) is 2.70. The van der Waals surface area contributed by atoms with Gasteiger partial charge in [-0.15, -0.1) is 0 Å². The molecule has 0 aliphatic carbocycles. The number of aryl methyl sites for hydroxylation is 1. The molecule has 2 aromatic rings. The van der Waals surface area contributed by atoms with Crippen LogP contribution in [0.1, 0.15) is 27.5 Å². The fourth-order valence-electron chi connectivity index (χ4n) is 1.85. The molecule has 0 saturated heterocycles. The topological polar surface area (TPSA) is 53.8 Å². The fraction of sp³-hybridized carbons (Fsp3) is 0.133. The van der Waals surface area contributed by atoms with Crippen molar-refractivity contribution in [2.75, 3.05) is 0 Å². The first-order valence-corrected chi connectivity index (χ1v) is 6.11. The van der Waals surface area contributed by atoms with Crippen LogP contribution in [0.15, 0.2) is 42.6 Å². The van der Waals surface area contributed by atoms with Gasteiger partial charge in [0.2, 0.25) is 0 Å². The third kappa shape index (κ3) is 2.98. The third-order valence-corrected chi connectivity index (χ3v) is 2.92. The van der Waals surface area contributed by atoms with Crippen LogP contribution in [0.2, 0.25) is 5.02 Å². The van der Waals surface area contributed by atoms with Crippen molar-refractivity contribution in [2.24, 2.45) is 0 Å². The standard InChI is InChI=1S/C15H11ClN2O/c1-10-6-11(8-12(16)7-10)15(19)13(9-17)14-4-2-3-5-18-14/h2-8,13H,1H3. The first kappa shape index (κ1) is 13.3. The van der Waals surface area contributed by atoms with Crippen molar-refractivity contribution in [3.05, 3.63) is 64.4 Å². The van der Waals surface area contributed by atoms with Crippen molar-refractivity contribution in [3.63, 3.8) is 0 Å². The van der Waals surface area contributed by atoms with E-state index in [1.165, 1.54) is 0 Å². The van der Waals surface area contributed by atoms with E-state index in [4.69, 9.17) is 11.6 Å². The molecule has 94 valence electrons. The Kier molecular flexibility index (Phi) is 3.94. The Balaban J connectivity index is 2.40. The molecule has 0 saturated carbocycles. The van der Waals surface area contributed by atoms with Gasteiger partial charge < -0.3 is 0 Å². The van der Waals surface area contributed by atoms with Crippen molar-refractivity contribution in [1.29, 1.82) is 5.26 Å². The molecule has 1 aromatic heterocycles. The normalized spacial score (nSPS) is 11.6. The van der Waals surface area contributed by atoms with Gasteiger partial charge in [-0.25, -0.2) is 0 Å². The van der Waals surface area contributed by atoms with Gasteiger partial charge in [0.1, 0.15) is 0 Å². The maximum atomic E-state index is 12.4. The number of aromatic nitrogens is 1. The molecule has 0 aliphatic heterocycles. The minimum atomic E-state index is -0.904. The summed E-state index contributed by atoms with van der Waals surface area (Å²) >= 11 is 5.94. The highest BCUT2D eigenvalue weighted by Gasteiger charge is 2.23. The first-order chi connectivity index (χ1) is 9.11. The number of Topliss-reactive ketones (excluding diaryl/α,β-unsaturated/α-hetero) is 1. The van der Waals surface area contributed by atoms with E-state index < -0.39 is 5.92 Å². The average Bonchev–Trinajstić information content (AvgIpc) is 2.39. The van der Waals surface area contributed by atoms with Gasteiger partial charge in [0.05, 0.1) is 11.8 Å². The second-order valence-electron chi connectivity index (χ2n) is 4.20. The van der Waals surface area contributed by atoms with E-state index in [9.17, 15) is 10.1 Å². The van der Waals surface area contributed by atoms with Crippen molar-refractivity contribution in [1.82, 2.24) is 4.98 Å². The lowest BCUT2D eigenvalue weighted by molar-refractivity contribution is 0.0977. The van der Waals surface area contributed by atoms with E-state index in [1.807, 2.05) is 13.0 Å². The molecule has 3 nitrogen and oxygen atoms in total. The Hall–Kier alpha value is -2.18. The Morgan fingerprint density at radius 1 is 1.37 bits per heavy atom. The lowest BCUT2D eigenvalue weighted by Gasteiger charge is -2.08. The second kappa shape index (κ2) is 5.64. The summed E-state index contributed by atoms with van der Waals surface area (Å²) in [6.07, 6.45) is 1.57. The smallest absolute Gasteiger partial charge is 0.186 e. The fourth-order valence-corrected chi connectivity index (χ4v) is 2.14. The number of pyridine rings is 1. The first-order valence-electron chi connectivity index (χ1n) is 5.74. The van der Waals surface area contributed by atoms with Crippen LogP contribution in [-0.2, 0) is 0 Å². The average molecular weight is 271 g/mol. The second-order valence-corrected chi connectivity index (χ2v) is 4.63. The summed E-state index contributed by atoms with van der Waals surface area (Å²) in [4.78, 5) is 16.4. The van der Waals surface area contributed by atoms with Crippen LogP contribution < -0.4 is 0 Å². The van der Waals surface area contributed by atoms with E-state index in [0.29, 0.717) is 16.3 Å². The highest BCUT2D eigenvalue weighted by molar-refractivity contribution is 6.31. The Morgan fingerprint density at radius 3 is 2.74 bits per heavy atom. The van der Waals surface area contributed by atoms with Gasteiger partial charge in [-0.3, -0.25) is 9.78 Å². The van der Waals surface area contributed by atoms with E-state index >= 15 is 0 Å². The zero-order valence-electron chi connectivity index (χ0n) is 10.3. The summed E-state index contributed by atoms with van der Waals surface area (Å²) in [6.45, 7) is 1.85. The van der Waals surface area contributed by atoms with Crippen molar-refractivity contribution in [2.45, 2.75) is 12.8 Å². The molecule has 1 atom stereocenters. The summed E-state index contributed by atoms with van der Waals surface area (Å²) in [5.74, 6) is -1.19. The van der Waals surface area contributed by atoms with Gasteiger partial charge >= 0.3 is 0 Å². The molecular weight excluding hydrogens is 260 g/mol. The lowest BCUT2D eigenvalue weighted by atomic mass is 9.94. The van der Waals surface area contributed by atoms with Crippen LogP contribution >= 0.6 is 11.6 Å². The highest BCUT2D eigenvalue weighted by atomic mass is 35.5. The number of hydrogen-bond acceptors (Lipinski definition) is 3. The zero-order valence-corrected chi connectivity index (χ0v) is 11.1. The van der Waals surface area contributed by atoms with Crippen LogP contribution in [0.3, 0.4) is 0 Å². The number of ketones is 1. The number of hydrogen-bond donors (Lipinski definition) is 0. The molecule has 2 rings (SSSR count). The summed E-state index contributed by atoms with van der Waals surface area (Å²) < 4.78 is 0. The lowest BCUT2D eigenvalue weighted by Crippen LogP contribution is -2.12. The van der Waals surface area contributed by atoms with Crippen LogP contribution in [0.25, 0.3) is 0 Å². The summed E-state index contributed by atoms with van der Waals surface area (Å²) in [5.41, 5.74) is 1.77. The Morgan fingerprint density at radius 2 is 2.16 bits per heavy atom. The van der Waals surface area contributed by atoms with E-state index in [2.05, 4.69) is 4.98 Å². The molecule has 1 unspecified atom stereocenters. The molecule has 0 amide bonds. The predicted molar refractivity (Wildman–Crippen MR) is 73.1 cm³/mol. The predicted octanol–water partition coefficient (Wildman–Crippen LogP) is 3.53. The van der Waals surface area contributed by atoms with Crippen LogP contribution in [0, 0.1) is 18.3 Å². The number of nitriles is 1. The van der Waals surface area contributed by atoms with Gasteiger partial charge in [0, 0.05) is 16.8 Å². The molecular formula is C15H11ClN2O. The SMILES string of the molecule is Cc1cc(Cl)cc(C(=O)C(C#N)c2ccccn2)c1. The maximum absolute atomic E-state index is 12.4. The number of carbonyl (C=O) groups is 1. The zero-order chi connectivity index (χ0) is 13.8. The summed E-state index contributed by atoms with van der Waals surface area (Å²) in [6, 6.07) is 12.2. The molecule has 0 aliphatic rings. The molecule has 0 N–H and O–H groups in total. The minimum absolute atomic E-state index is 0.285. The monoisotopic (exact) mass is 270 g/mol. The number of rotatable bonds is 3. The molecule has 1 aromatic carbocycles. The molecule has 0 fully saturated rings. The highest BCUT2D eigenvalue weighted by Crippen LogP contribution is 2.22. The van der Waals surface area contributed by atoms with Crippen molar-refractivity contribution in [3.8, 4) is 6.07 Å². The Labute approximate surface area is 116 Å². The van der Waals surface area contributed by atoms with Crippen molar-refractivity contribution >= 4 is 17.4 Å². The van der Waals surface area contributed by atoms with Crippen LogP contribution in [0.5, 0.6) is 0 Å². The van der Waals surface area contributed by atoms with Crippen LogP contribution in [0.4, 0.5) is 0 Å². The van der Waals surface area contributed by atoms with Crippen LogP contribution in [-0.4, -0.2) is 10.8 Å². The van der Waals surface area contributed by atoms with Crippen molar-refractivity contribution < 1.29 is 4.79 Å². The Bertz CT molecular complexity index is 627. The van der Waals surface area contributed by atoms with Gasteiger partial charge in [0.25, 0.3) is 0 Å². The summed E-state index contributed by atoms with van der Waals surface area (Å²) in [5, 5.41) is 9.69. The van der Waals surface area contributed by atoms with E-state index in [-0.39, 0.29) is 5.78 Å². The minimum Gasteiger partial charge on any atom is -0.292 e. The van der Waals surface area contributed by atoms with E-state index in [1.54, 1.807) is 42.6 Å². The number of carbonyl (C=O) groups excluding carboxylic acids is 1. The molecule has 0 bridgehead atoms. The molecule has 19 heavy (non-hydrogen) atoms. The quantitative estimate of drug-likeness (QED) is 0.802. The maximum Gasteiger partial charge on any atom is 0.186 e. The van der Waals surface area contributed by atoms with Gasteiger partial charge in [-0.05, 0) is 42.8 Å². The number of halogens is 1. The summed E-state index contributed by atoms with van der Waals surface area (Å²) in [7, 11) is 0. The van der Waals surface area contributed by atoms with E-state index in [0.717, 1.165) is 5.56 Å².